The van der Waals surface area contributed by atoms with E-state index in [2.05, 4.69) is 31.2 Å². The third-order valence-electron chi connectivity index (χ3n) is 5.16. The average molecular weight is 380 g/mol. The molecular formula is C24H29NO3. The second-order valence-electron chi connectivity index (χ2n) is 7.29. The number of hydrogen-bond donors (Lipinski definition) is 0. The van der Waals surface area contributed by atoms with Crippen molar-refractivity contribution in [3.63, 3.8) is 0 Å². The number of imide groups is 1. The largest absolute Gasteiger partial charge is 0.493 e. The van der Waals surface area contributed by atoms with Crippen molar-refractivity contribution in [3.05, 3.63) is 65.2 Å². The van der Waals surface area contributed by atoms with Gasteiger partial charge in [-0.2, -0.15) is 0 Å². The number of carbonyl (C=O) groups excluding carboxylic acids is 2. The van der Waals surface area contributed by atoms with E-state index in [1.165, 1.54) is 10.5 Å². The van der Waals surface area contributed by atoms with Crippen molar-refractivity contribution in [1.82, 2.24) is 4.90 Å². The first kappa shape index (κ1) is 20.1. The highest BCUT2D eigenvalue weighted by atomic mass is 16.5. The summed E-state index contributed by atoms with van der Waals surface area (Å²) in [7, 11) is 0. The number of nitrogens with zero attached hydrogens (tertiary/aromatic N) is 1. The molecule has 148 valence electrons. The fourth-order valence-electron chi connectivity index (χ4n) is 3.58. The van der Waals surface area contributed by atoms with Crippen LogP contribution >= 0.6 is 0 Å². The zero-order valence-corrected chi connectivity index (χ0v) is 16.7. The fourth-order valence-corrected chi connectivity index (χ4v) is 3.58. The van der Waals surface area contributed by atoms with Crippen molar-refractivity contribution in [1.29, 1.82) is 0 Å². The van der Waals surface area contributed by atoms with Crippen molar-refractivity contribution < 1.29 is 14.3 Å². The SMILES string of the molecule is CCCCCCN1C(=O)c2cccc(OCCCCc3ccccc3)c2C1=O. The minimum atomic E-state index is -0.212. The van der Waals surface area contributed by atoms with Gasteiger partial charge >= 0.3 is 0 Å². The van der Waals surface area contributed by atoms with E-state index in [1.807, 2.05) is 6.07 Å². The molecule has 4 heteroatoms. The van der Waals surface area contributed by atoms with Crippen molar-refractivity contribution in [2.45, 2.75) is 51.9 Å². The highest BCUT2D eigenvalue weighted by Crippen LogP contribution is 2.31. The lowest BCUT2D eigenvalue weighted by molar-refractivity contribution is 0.0650. The highest BCUT2D eigenvalue weighted by molar-refractivity contribution is 6.22. The second-order valence-corrected chi connectivity index (χ2v) is 7.29. The Labute approximate surface area is 167 Å². The number of unbranched alkanes of at least 4 members (excludes halogenated alkanes) is 4. The predicted molar refractivity (Wildman–Crippen MR) is 111 cm³/mol. The summed E-state index contributed by atoms with van der Waals surface area (Å²) in [5.74, 6) is 0.133. The first-order valence-electron chi connectivity index (χ1n) is 10.4. The van der Waals surface area contributed by atoms with E-state index in [0.29, 0.717) is 30.0 Å². The van der Waals surface area contributed by atoms with Crippen LogP contribution < -0.4 is 4.74 Å². The molecular weight excluding hydrogens is 350 g/mol. The maximum absolute atomic E-state index is 12.8. The van der Waals surface area contributed by atoms with Crippen molar-refractivity contribution in [2.75, 3.05) is 13.2 Å². The highest BCUT2D eigenvalue weighted by Gasteiger charge is 2.37. The van der Waals surface area contributed by atoms with Crippen LogP contribution in [-0.2, 0) is 6.42 Å². The summed E-state index contributed by atoms with van der Waals surface area (Å²) < 4.78 is 5.90. The standard InChI is InChI=1S/C24H29NO3/c1-2-3-4-9-17-25-23(26)20-15-11-16-21(22(20)24(25)27)28-18-10-8-14-19-12-6-5-7-13-19/h5-7,11-13,15-16H,2-4,8-10,14,17-18H2,1H3. The molecule has 0 N–H and O–H groups in total. The van der Waals surface area contributed by atoms with Crippen LogP contribution in [0, 0.1) is 0 Å². The normalized spacial score (nSPS) is 13.1. The minimum absolute atomic E-state index is 0.189. The number of rotatable bonds is 11. The minimum Gasteiger partial charge on any atom is -0.493 e. The van der Waals surface area contributed by atoms with Crippen LogP contribution in [-0.4, -0.2) is 29.9 Å². The fraction of sp³-hybridized carbons (Fsp3) is 0.417. The molecule has 0 atom stereocenters. The molecule has 0 radical (unpaired) electrons. The Morgan fingerprint density at radius 3 is 2.43 bits per heavy atom. The number of fused-ring (bicyclic) bond motifs is 1. The molecule has 0 aliphatic carbocycles. The van der Waals surface area contributed by atoms with E-state index in [-0.39, 0.29) is 11.8 Å². The molecule has 0 bridgehead atoms. The van der Waals surface area contributed by atoms with E-state index >= 15 is 0 Å². The summed E-state index contributed by atoms with van der Waals surface area (Å²) >= 11 is 0. The lowest BCUT2D eigenvalue weighted by Crippen LogP contribution is -2.30. The lowest BCUT2D eigenvalue weighted by atomic mass is 10.1. The molecule has 0 saturated carbocycles. The van der Waals surface area contributed by atoms with Crippen molar-refractivity contribution >= 4 is 11.8 Å². The zero-order chi connectivity index (χ0) is 19.8. The Morgan fingerprint density at radius 2 is 1.64 bits per heavy atom. The average Bonchev–Trinajstić information content (AvgIpc) is 2.97. The Balaban J connectivity index is 1.54. The number of amides is 2. The summed E-state index contributed by atoms with van der Waals surface area (Å²) in [5, 5.41) is 0. The van der Waals surface area contributed by atoms with Crippen LogP contribution in [0.3, 0.4) is 0 Å². The Kier molecular flexibility index (Phi) is 7.24. The summed E-state index contributed by atoms with van der Waals surface area (Å²) in [5.41, 5.74) is 2.23. The van der Waals surface area contributed by atoms with Crippen LogP contribution in [0.4, 0.5) is 0 Å². The van der Waals surface area contributed by atoms with Crippen molar-refractivity contribution in [3.8, 4) is 5.75 Å². The first-order chi connectivity index (χ1) is 13.7. The monoisotopic (exact) mass is 379 g/mol. The number of carbonyl (C=O) groups is 2. The molecule has 4 nitrogen and oxygen atoms in total. The van der Waals surface area contributed by atoms with Gasteiger partial charge in [0.1, 0.15) is 5.75 Å². The van der Waals surface area contributed by atoms with E-state index in [1.54, 1.807) is 18.2 Å². The number of ether oxygens (including phenoxy) is 1. The van der Waals surface area contributed by atoms with Gasteiger partial charge in [-0.3, -0.25) is 14.5 Å². The van der Waals surface area contributed by atoms with Gasteiger partial charge in [-0.25, -0.2) is 0 Å². The van der Waals surface area contributed by atoms with Crippen LogP contribution in [0.1, 0.15) is 71.7 Å². The predicted octanol–water partition coefficient (Wildman–Crippen LogP) is 5.26. The smallest absolute Gasteiger partial charge is 0.265 e. The van der Waals surface area contributed by atoms with E-state index < -0.39 is 0 Å². The Bertz CT molecular complexity index is 801. The van der Waals surface area contributed by atoms with E-state index in [4.69, 9.17) is 4.74 Å². The Hall–Kier alpha value is -2.62. The lowest BCUT2D eigenvalue weighted by Gasteiger charge is -2.13. The maximum atomic E-state index is 12.8. The van der Waals surface area contributed by atoms with Gasteiger partial charge in [-0.05, 0) is 43.4 Å². The van der Waals surface area contributed by atoms with Crippen molar-refractivity contribution in [2.24, 2.45) is 0 Å². The topological polar surface area (TPSA) is 46.6 Å². The van der Waals surface area contributed by atoms with Gasteiger partial charge in [-0.1, -0.05) is 62.6 Å². The van der Waals surface area contributed by atoms with Crippen LogP contribution in [0.5, 0.6) is 5.75 Å². The molecule has 1 aliphatic heterocycles. The molecule has 28 heavy (non-hydrogen) atoms. The molecule has 0 fully saturated rings. The molecule has 0 aromatic heterocycles. The summed E-state index contributed by atoms with van der Waals surface area (Å²) in [6, 6.07) is 15.7. The summed E-state index contributed by atoms with van der Waals surface area (Å²) in [4.78, 5) is 26.8. The number of aryl methyl sites for hydroxylation is 1. The van der Waals surface area contributed by atoms with E-state index in [9.17, 15) is 9.59 Å². The van der Waals surface area contributed by atoms with Gasteiger partial charge in [0.15, 0.2) is 0 Å². The van der Waals surface area contributed by atoms with Gasteiger partial charge in [0.25, 0.3) is 11.8 Å². The zero-order valence-electron chi connectivity index (χ0n) is 16.7. The van der Waals surface area contributed by atoms with Gasteiger partial charge in [0.05, 0.1) is 17.7 Å². The van der Waals surface area contributed by atoms with Gasteiger partial charge in [-0.15, -0.1) is 0 Å². The number of benzene rings is 2. The van der Waals surface area contributed by atoms with Gasteiger partial charge in [0.2, 0.25) is 0 Å². The van der Waals surface area contributed by atoms with Crippen LogP contribution in [0.25, 0.3) is 0 Å². The maximum Gasteiger partial charge on any atom is 0.265 e. The second kappa shape index (κ2) is 10.1. The van der Waals surface area contributed by atoms with E-state index in [0.717, 1.165) is 44.9 Å². The summed E-state index contributed by atoms with van der Waals surface area (Å²) in [6.45, 7) is 3.18. The molecule has 0 saturated heterocycles. The molecule has 1 heterocycles. The molecule has 0 spiro atoms. The molecule has 1 aliphatic rings. The Morgan fingerprint density at radius 1 is 0.821 bits per heavy atom. The van der Waals surface area contributed by atoms with Gasteiger partial charge in [0, 0.05) is 6.54 Å². The third kappa shape index (κ3) is 4.80. The molecule has 2 aromatic carbocycles. The first-order valence-corrected chi connectivity index (χ1v) is 10.4. The van der Waals surface area contributed by atoms with Gasteiger partial charge < -0.3 is 4.74 Å². The number of hydrogen-bond acceptors (Lipinski definition) is 3. The molecule has 2 aromatic rings. The molecule has 2 amide bonds. The molecule has 0 unspecified atom stereocenters. The quantitative estimate of drug-likeness (QED) is 0.395. The third-order valence-corrected chi connectivity index (χ3v) is 5.16. The summed E-state index contributed by atoms with van der Waals surface area (Å²) in [6.07, 6.45) is 7.09. The van der Waals surface area contributed by atoms with Crippen LogP contribution in [0.2, 0.25) is 0 Å². The van der Waals surface area contributed by atoms with Crippen LogP contribution in [0.15, 0.2) is 48.5 Å². The molecule has 3 rings (SSSR count).